The third kappa shape index (κ3) is 2.85. The number of hydrogen-bond acceptors (Lipinski definition) is 3. The minimum atomic E-state index is -0.454. The van der Waals surface area contributed by atoms with Crippen molar-refractivity contribution in [3.05, 3.63) is 43.3 Å². The number of halogens is 2. The highest BCUT2D eigenvalue weighted by atomic mass is 79.9. The molecule has 0 bridgehead atoms. The highest BCUT2D eigenvalue weighted by Crippen LogP contribution is 2.33. The van der Waals surface area contributed by atoms with Gasteiger partial charge in [-0.25, -0.2) is 4.79 Å². The van der Waals surface area contributed by atoms with Gasteiger partial charge in [0.1, 0.15) is 0 Å². The molecular weight excluding hydrogens is 360 g/mol. The zero-order chi connectivity index (χ0) is 15.6. The van der Waals surface area contributed by atoms with Gasteiger partial charge in [-0.2, -0.15) is 0 Å². The Morgan fingerprint density at radius 1 is 1.57 bits per heavy atom. The van der Waals surface area contributed by atoms with Crippen LogP contribution in [0.4, 0.5) is 0 Å². The van der Waals surface area contributed by atoms with Gasteiger partial charge in [-0.3, -0.25) is 0 Å². The van der Waals surface area contributed by atoms with Crippen LogP contribution < -0.4 is 0 Å². The van der Waals surface area contributed by atoms with Crippen molar-refractivity contribution in [1.29, 1.82) is 0 Å². The zero-order valence-corrected chi connectivity index (χ0v) is 13.8. The maximum Gasteiger partial charge on any atom is 0.340 e. The van der Waals surface area contributed by atoms with Crippen LogP contribution in [0.3, 0.4) is 0 Å². The number of nitrogens with zero attached hydrogens (tertiary/aromatic N) is 4. The SMILES string of the molecule is CCOC(=O)c1c(CN=[N+]=[N-])n(C)c2cc(Br)c(Cl)cc12. The first kappa shape index (κ1) is 15.7. The second-order valence-corrected chi connectivity index (χ2v) is 5.54. The zero-order valence-electron chi connectivity index (χ0n) is 11.4. The molecule has 0 aliphatic rings. The number of azide groups is 1. The minimum Gasteiger partial charge on any atom is -0.462 e. The number of benzene rings is 1. The topological polar surface area (TPSA) is 80.0 Å². The number of fused-ring (bicyclic) bond motifs is 1. The summed E-state index contributed by atoms with van der Waals surface area (Å²) in [5.41, 5.74) is 10.3. The van der Waals surface area contributed by atoms with Crippen molar-refractivity contribution in [3.63, 3.8) is 0 Å². The molecule has 0 amide bonds. The number of aromatic nitrogens is 1. The predicted octanol–water partition coefficient (Wildman–Crippen LogP) is 4.58. The maximum absolute atomic E-state index is 12.2. The number of aryl methyl sites for hydroxylation is 1. The van der Waals surface area contributed by atoms with Crippen molar-refractivity contribution >= 4 is 44.4 Å². The second kappa shape index (κ2) is 6.39. The molecule has 0 saturated carbocycles. The van der Waals surface area contributed by atoms with E-state index in [1.165, 1.54) is 0 Å². The molecule has 0 N–H and O–H groups in total. The van der Waals surface area contributed by atoms with Crippen LogP contribution in [0, 0.1) is 0 Å². The first-order chi connectivity index (χ1) is 10.0. The fraction of sp³-hybridized carbons (Fsp3) is 0.308. The van der Waals surface area contributed by atoms with Gasteiger partial charge in [-0.1, -0.05) is 16.7 Å². The van der Waals surface area contributed by atoms with Crippen LogP contribution in [0.1, 0.15) is 23.0 Å². The summed E-state index contributed by atoms with van der Waals surface area (Å²) in [7, 11) is 1.80. The Balaban J connectivity index is 2.78. The third-order valence-electron chi connectivity index (χ3n) is 3.13. The number of carbonyl (C=O) groups is 1. The average molecular weight is 372 g/mol. The Morgan fingerprint density at radius 2 is 2.29 bits per heavy atom. The van der Waals surface area contributed by atoms with Gasteiger partial charge in [0, 0.05) is 27.5 Å². The molecule has 0 spiro atoms. The van der Waals surface area contributed by atoms with Crippen LogP contribution in [0.2, 0.25) is 5.02 Å². The van der Waals surface area contributed by atoms with Gasteiger partial charge in [-0.05, 0) is 40.5 Å². The number of rotatable bonds is 4. The van der Waals surface area contributed by atoms with E-state index in [0.29, 0.717) is 21.7 Å². The quantitative estimate of drug-likeness (QED) is 0.341. The van der Waals surface area contributed by atoms with Crippen molar-refractivity contribution in [2.24, 2.45) is 12.2 Å². The van der Waals surface area contributed by atoms with Crippen molar-refractivity contribution in [3.8, 4) is 0 Å². The van der Waals surface area contributed by atoms with Gasteiger partial charge in [0.25, 0.3) is 0 Å². The summed E-state index contributed by atoms with van der Waals surface area (Å²) in [5, 5.41) is 4.72. The molecule has 0 aliphatic carbocycles. The lowest BCUT2D eigenvalue weighted by Gasteiger charge is -2.04. The van der Waals surface area contributed by atoms with Gasteiger partial charge < -0.3 is 9.30 Å². The first-order valence-electron chi connectivity index (χ1n) is 6.15. The normalized spacial score (nSPS) is 10.5. The molecule has 2 rings (SSSR count). The predicted molar refractivity (Wildman–Crippen MR) is 84.4 cm³/mol. The third-order valence-corrected chi connectivity index (χ3v) is 4.32. The molecule has 1 aromatic carbocycles. The van der Waals surface area contributed by atoms with Gasteiger partial charge in [-0.15, -0.1) is 0 Å². The minimum absolute atomic E-state index is 0.0606. The van der Waals surface area contributed by atoms with E-state index in [9.17, 15) is 4.79 Å². The van der Waals surface area contributed by atoms with Crippen LogP contribution in [-0.4, -0.2) is 17.1 Å². The van der Waals surface area contributed by atoms with Crippen LogP contribution in [0.5, 0.6) is 0 Å². The molecule has 6 nitrogen and oxygen atoms in total. The fourth-order valence-electron chi connectivity index (χ4n) is 2.20. The summed E-state index contributed by atoms with van der Waals surface area (Å²) in [5.74, 6) is -0.454. The monoisotopic (exact) mass is 370 g/mol. The van der Waals surface area contributed by atoms with Crippen LogP contribution in [0.15, 0.2) is 21.7 Å². The largest absolute Gasteiger partial charge is 0.462 e. The molecule has 8 heteroatoms. The van der Waals surface area contributed by atoms with E-state index in [-0.39, 0.29) is 13.2 Å². The highest BCUT2D eigenvalue weighted by molar-refractivity contribution is 9.10. The Bertz CT molecular complexity index is 765. The number of carbonyl (C=O) groups excluding carboxylic acids is 1. The standard InChI is InChI=1S/C13H12BrClN4O2/c1-3-21-13(20)12-7-4-9(15)8(14)5-10(7)19(2)11(12)6-17-18-16/h4-5H,3,6H2,1-2H3. The molecule has 0 unspecified atom stereocenters. The van der Waals surface area contributed by atoms with E-state index in [1.807, 2.05) is 6.07 Å². The van der Waals surface area contributed by atoms with E-state index < -0.39 is 5.97 Å². The van der Waals surface area contributed by atoms with Gasteiger partial charge in [0.15, 0.2) is 0 Å². The van der Waals surface area contributed by atoms with Crippen molar-refractivity contribution in [2.75, 3.05) is 6.61 Å². The number of hydrogen-bond donors (Lipinski definition) is 0. The molecule has 0 fully saturated rings. The second-order valence-electron chi connectivity index (χ2n) is 4.27. The summed E-state index contributed by atoms with van der Waals surface area (Å²) < 4.78 is 7.63. The Labute approximate surface area is 134 Å². The Morgan fingerprint density at radius 3 is 2.90 bits per heavy atom. The lowest BCUT2D eigenvalue weighted by Crippen LogP contribution is -2.08. The molecule has 0 aliphatic heterocycles. The fourth-order valence-corrected chi connectivity index (χ4v) is 2.69. The molecular formula is C13H12BrClN4O2. The molecule has 2 aromatic rings. The number of ether oxygens (including phenoxy) is 1. The molecule has 0 atom stereocenters. The van der Waals surface area contributed by atoms with E-state index in [4.69, 9.17) is 21.9 Å². The van der Waals surface area contributed by atoms with Crippen molar-refractivity contribution in [2.45, 2.75) is 13.5 Å². The van der Waals surface area contributed by atoms with E-state index in [1.54, 1.807) is 24.6 Å². The summed E-state index contributed by atoms with van der Waals surface area (Å²) >= 11 is 9.48. The average Bonchev–Trinajstić information content (AvgIpc) is 2.70. The number of esters is 1. The maximum atomic E-state index is 12.2. The van der Waals surface area contributed by atoms with Gasteiger partial charge >= 0.3 is 5.97 Å². The molecule has 1 aromatic heterocycles. The van der Waals surface area contributed by atoms with Crippen molar-refractivity contribution in [1.82, 2.24) is 4.57 Å². The summed E-state index contributed by atoms with van der Waals surface area (Å²) in [6.45, 7) is 2.06. The summed E-state index contributed by atoms with van der Waals surface area (Å²) in [6, 6.07) is 3.52. The van der Waals surface area contributed by atoms with E-state index in [2.05, 4.69) is 26.0 Å². The summed E-state index contributed by atoms with van der Waals surface area (Å²) in [6.07, 6.45) is 0. The lowest BCUT2D eigenvalue weighted by atomic mass is 10.1. The van der Waals surface area contributed by atoms with Crippen molar-refractivity contribution < 1.29 is 9.53 Å². The van der Waals surface area contributed by atoms with Crippen LogP contribution in [0.25, 0.3) is 21.3 Å². The first-order valence-corrected chi connectivity index (χ1v) is 7.32. The van der Waals surface area contributed by atoms with Crippen LogP contribution >= 0.6 is 27.5 Å². The Kier molecular flexibility index (Phi) is 4.77. The van der Waals surface area contributed by atoms with E-state index >= 15 is 0 Å². The van der Waals surface area contributed by atoms with E-state index in [0.717, 1.165) is 9.99 Å². The van der Waals surface area contributed by atoms with Gasteiger partial charge in [0.05, 0.1) is 29.3 Å². The van der Waals surface area contributed by atoms with Gasteiger partial charge in [0.2, 0.25) is 0 Å². The molecule has 0 radical (unpaired) electrons. The Hall–Kier alpha value is -1.69. The molecule has 21 heavy (non-hydrogen) atoms. The molecule has 110 valence electrons. The summed E-state index contributed by atoms with van der Waals surface area (Å²) in [4.78, 5) is 15.0. The smallest absolute Gasteiger partial charge is 0.340 e. The molecule has 1 heterocycles. The van der Waals surface area contributed by atoms with Crippen LogP contribution in [-0.2, 0) is 18.3 Å². The highest BCUT2D eigenvalue weighted by Gasteiger charge is 2.22. The lowest BCUT2D eigenvalue weighted by molar-refractivity contribution is 0.0527. The molecule has 0 saturated heterocycles.